The van der Waals surface area contributed by atoms with Crippen molar-refractivity contribution in [2.24, 2.45) is 11.7 Å². The van der Waals surface area contributed by atoms with E-state index in [-0.39, 0.29) is 11.8 Å². The van der Waals surface area contributed by atoms with Crippen LogP contribution in [0, 0.1) is 5.92 Å². The van der Waals surface area contributed by atoms with E-state index in [9.17, 15) is 19.2 Å². The van der Waals surface area contributed by atoms with Crippen LogP contribution in [0.4, 0.5) is 0 Å². The number of carboxylic acid groups (broad SMARTS) is 1. The largest absolute Gasteiger partial charge is 0.480 e. The third-order valence-electron chi connectivity index (χ3n) is 4.00. The molecule has 0 aliphatic carbocycles. The van der Waals surface area contributed by atoms with Crippen LogP contribution in [0.2, 0.25) is 0 Å². The van der Waals surface area contributed by atoms with Gasteiger partial charge in [-0.3, -0.25) is 19.2 Å². The van der Waals surface area contributed by atoms with E-state index in [0.717, 1.165) is 0 Å². The van der Waals surface area contributed by atoms with Crippen molar-refractivity contribution in [3.63, 3.8) is 0 Å². The van der Waals surface area contributed by atoms with Crippen molar-refractivity contribution < 1.29 is 24.3 Å². The fourth-order valence-electron chi connectivity index (χ4n) is 2.51. The molecule has 9 heteroatoms. The first-order valence-electron chi connectivity index (χ1n) is 8.01. The van der Waals surface area contributed by atoms with Crippen molar-refractivity contribution >= 4 is 23.7 Å². The number of nitrogens with two attached hydrogens (primary N) is 1. The highest BCUT2D eigenvalue weighted by molar-refractivity contribution is 5.93. The molecule has 5 N–H and O–H groups in total. The van der Waals surface area contributed by atoms with Crippen molar-refractivity contribution in [2.45, 2.75) is 51.7 Å². The van der Waals surface area contributed by atoms with Crippen LogP contribution in [-0.2, 0) is 19.2 Å². The molecule has 1 aliphatic heterocycles. The maximum atomic E-state index is 12.5. The van der Waals surface area contributed by atoms with Crippen molar-refractivity contribution in [1.29, 1.82) is 0 Å². The lowest BCUT2D eigenvalue weighted by molar-refractivity contribution is -0.142. The summed E-state index contributed by atoms with van der Waals surface area (Å²) in [6.45, 7) is 5.05. The van der Waals surface area contributed by atoms with E-state index in [1.54, 1.807) is 13.8 Å². The van der Waals surface area contributed by atoms with Gasteiger partial charge in [0, 0.05) is 6.54 Å². The Balaban J connectivity index is 2.65. The molecule has 0 aromatic carbocycles. The number of rotatable bonds is 7. The molecule has 0 unspecified atom stereocenters. The Kier molecular flexibility index (Phi) is 7.15. The van der Waals surface area contributed by atoms with E-state index in [0.29, 0.717) is 19.4 Å². The zero-order valence-electron chi connectivity index (χ0n) is 14.2. The van der Waals surface area contributed by atoms with Gasteiger partial charge < -0.3 is 26.4 Å². The van der Waals surface area contributed by atoms with Gasteiger partial charge >= 0.3 is 5.97 Å². The lowest BCUT2D eigenvalue weighted by Crippen LogP contribution is -2.55. The smallest absolute Gasteiger partial charge is 0.322 e. The number of aliphatic carboxylic acids is 1. The third-order valence-corrected chi connectivity index (χ3v) is 4.00. The lowest BCUT2D eigenvalue weighted by atomic mass is 10.0. The second-order valence-electron chi connectivity index (χ2n) is 6.30. The van der Waals surface area contributed by atoms with Gasteiger partial charge in [0.1, 0.15) is 18.6 Å². The number of likely N-dealkylation sites (tertiary alicyclic amines) is 1. The monoisotopic (exact) mass is 342 g/mol. The van der Waals surface area contributed by atoms with Gasteiger partial charge in [0.25, 0.3) is 0 Å². The molecule has 0 aromatic rings. The molecular weight excluding hydrogens is 316 g/mol. The molecule has 0 aromatic heterocycles. The van der Waals surface area contributed by atoms with Crippen LogP contribution in [0.3, 0.4) is 0 Å². The topological polar surface area (TPSA) is 142 Å². The van der Waals surface area contributed by atoms with Gasteiger partial charge in [-0.25, -0.2) is 0 Å². The molecule has 3 amide bonds. The predicted octanol–water partition coefficient (Wildman–Crippen LogP) is -1.33. The molecule has 1 fully saturated rings. The van der Waals surface area contributed by atoms with Gasteiger partial charge in [0.2, 0.25) is 17.7 Å². The second kappa shape index (κ2) is 8.62. The maximum absolute atomic E-state index is 12.5. The minimum atomic E-state index is -1.15. The van der Waals surface area contributed by atoms with Crippen LogP contribution in [0.25, 0.3) is 0 Å². The molecular formula is C15H26N4O5. The summed E-state index contributed by atoms with van der Waals surface area (Å²) in [5, 5.41) is 13.5. The molecule has 0 bridgehead atoms. The summed E-state index contributed by atoms with van der Waals surface area (Å²) in [6, 6.07) is -2.24. The van der Waals surface area contributed by atoms with Crippen molar-refractivity contribution in [1.82, 2.24) is 15.5 Å². The normalized spacial score (nSPS) is 19.7. The number of nitrogens with one attached hydrogen (secondary N) is 2. The first kappa shape index (κ1) is 19.9. The number of hydrogen-bond acceptors (Lipinski definition) is 5. The fourth-order valence-corrected chi connectivity index (χ4v) is 2.51. The van der Waals surface area contributed by atoms with E-state index < -0.39 is 42.5 Å². The Morgan fingerprint density at radius 1 is 1.25 bits per heavy atom. The summed E-state index contributed by atoms with van der Waals surface area (Å²) in [7, 11) is 0. The average molecular weight is 342 g/mol. The molecule has 24 heavy (non-hydrogen) atoms. The second-order valence-corrected chi connectivity index (χ2v) is 6.30. The molecule has 1 heterocycles. The summed E-state index contributed by atoms with van der Waals surface area (Å²) in [5.74, 6) is -2.51. The molecule has 1 aliphatic rings. The SMILES string of the molecule is CC(C)[C@@H](N)C(=O)N[C@@H](C)C(=O)N1CCC[C@@H]1C(=O)NCC(=O)O. The minimum absolute atomic E-state index is 0.0615. The van der Waals surface area contributed by atoms with E-state index in [2.05, 4.69) is 10.6 Å². The molecule has 3 atom stereocenters. The van der Waals surface area contributed by atoms with E-state index in [1.165, 1.54) is 11.8 Å². The summed E-state index contributed by atoms with van der Waals surface area (Å²) in [6.07, 6.45) is 1.10. The Hall–Kier alpha value is -2.16. The standard InChI is InChI=1S/C15H26N4O5/c1-8(2)12(16)14(23)18-9(3)15(24)19-6-4-5-10(19)13(22)17-7-11(20)21/h8-10,12H,4-7,16H2,1-3H3,(H,17,22)(H,18,23)(H,20,21)/t9-,10+,12+/m0/s1. The number of carboxylic acids is 1. The number of carbonyl (C=O) groups is 4. The number of nitrogens with zero attached hydrogens (tertiary/aromatic N) is 1. The van der Waals surface area contributed by atoms with Gasteiger partial charge in [-0.2, -0.15) is 0 Å². The van der Waals surface area contributed by atoms with Crippen molar-refractivity contribution in [3.8, 4) is 0 Å². The van der Waals surface area contributed by atoms with Crippen LogP contribution in [0.15, 0.2) is 0 Å². The highest BCUT2D eigenvalue weighted by atomic mass is 16.4. The predicted molar refractivity (Wildman–Crippen MR) is 85.8 cm³/mol. The van der Waals surface area contributed by atoms with Gasteiger partial charge in [0.05, 0.1) is 6.04 Å². The zero-order valence-corrected chi connectivity index (χ0v) is 14.2. The average Bonchev–Trinajstić information content (AvgIpc) is 3.00. The van der Waals surface area contributed by atoms with Crippen molar-refractivity contribution in [2.75, 3.05) is 13.1 Å². The highest BCUT2D eigenvalue weighted by Crippen LogP contribution is 2.18. The Bertz CT molecular complexity index is 508. The fraction of sp³-hybridized carbons (Fsp3) is 0.733. The first-order chi connectivity index (χ1) is 11.1. The van der Waals surface area contributed by atoms with Crippen LogP contribution < -0.4 is 16.4 Å². The van der Waals surface area contributed by atoms with Crippen LogP contribution in [-0.4, -0.2) is 64.9 Å². The quantitative estimate of drug-likeness (QED) is 0.451. The van der Waals surface area contributed by atoms with Crippen LogP contribution >= 0.6 is 0 Å². The van der Waals surface area contributed by atoms with E-state index in [4.69, 9.17) is 10.8 Å². The first-order valence-corrected chi connectivity index (χ1v) is 8.01. The maximum Gasteiger partial charge on any atom is 0.322 e. The minimum Gasteiger partial charge on any atom is -0.480 e. The summed E-state index contributed by atoms with van der Waals surface area (Å²) < 4.78 is 0. The van der Waals surface area contributed by atoms with Gasteiger partial charge in [-0.05, 0) is 25.7 Å². The molecule has 1 saturated heterocycles. The van der Waals surface area contributed by atoms with E-state index in [1.807, 2.05) is 0 Å². The summed E-state index contributed by atoms with van der Waals surface area (Å²) >= 11 is 0. The van der Waals surface area contributed by atoms with Crippen LogP contribution in [0.5, 0.6) is 0 Å². The third kappa shape index (κ3) is 5.19. The van der Waals surface area contributed by atoms with Gasteiger partial charge in [-0.1, -0.05) is 13.8 Å². The highest BCUT2D eigenvalue weighted by Gasteiger charge is 2.36. The summed E-state index contributed by atoms with van der Waals surface area (Å²) in [4.78, 5) is 48.4. The summed E-state index contributed by atoms with van der Waals surface area (Å²) in [5.41, 5.74) is 5.75. The zero-order chi connectivity index (χ0) is 18.4. The molecule has 1 rings (SSSR count). The van der Waals surface area contributed by atoms with Crippen molar-refractivity contribution in [3.05, 3.63) is 0 Å². The van der Waals surface area contributed by atoms with Gasteiger partial charge in [-0.15, -0.1) is 0 Å². The van der Waals surface area contributed by atoms with Crippen LogP contribution in [0.1, 0.15) is 33.6 Å². The van der Waals surface area contributed by atoms with E-state index >= 15 is 0 Å². The molecule has 136 valence electrons. The molecule has 0 radical (unpaired) electrons. The molecule has 0 saturated carbocycles. The number of carbonyl (C=O) groups excluding carboxylic acids is 3. The number of hydrogen-bond donors (Lipinski definition) is 4. The lowest BCUT2D eigenvalue weighted by Gasteiger charge is -2.27. The Labute approximate surface area is 140 Å². The van der Waals surface area contributed by atoms with Gasteiger partial charge in [0.15, 0.2) is 0 Å². The molecule has 0 spiro atoms. The Morgan fingerprint density at radius 2 is 1.88 bits per heavy atom. The Morgan fingerprint density at radius 3 is 2.42 bits per heavy atom. The number of amides is 3. The molecule has 9 nitrogen and oxygen atoms in total.